The molecule has 7 nitrogen and oxygen atoms in total. The Labute approximate surface area is 161 Å². The lowest BCUT2D eigenvalue weighted by atomic mass is 10.1. The highest BCUT2D eigenvalue weighted by atomic mass is 35.5. The van der Waals surface area contributed by atoms with Gasteiger partial charge < -0.3 is 5.11 Å². The van der Waals surface area contributed by atoms with Gasteiger partial charge in [0, 0.05) is 22.8 Å². The highest BCUT2D eigenvalue weighted by Gasteiger charge is 2.27. The van der Waals surface area contributed by atoms with Crippen LogP contribution in [0.2, 0.25) is 5.02 Å². The number of carbonyl (C=O) groups excluding carboxylic acids is 2. The van der Waals surface area contributed by atoms with Gasteiger partial charge in [-0.2, -0.15) is 0 Å². The lowest BCUT2D eigenvalue weighted by molar-refractivity contribution is 0.104. The number of thiophene rings is 1. The summed E-state index contributed by atoms with van der Waals surface area (Å²) in [5, 5.41) is 15.8. The molecule has 3 aromatic heterocycles. The first-order valence-corrected chi connectivity index (χ1v) is 9.00. The van der Waals surface area contributed by atoms with Crippen LogP contribution >= 0.6 is 22.9 Å². The van der Waals surface area contributed by atoms with Crippen LogP contribution in [0.1, 0.15) is 15.2 Å². The molecule has 134 valence electrons. The van der Waals surface area contributed by atoms with Crippen LogP contribution in [0.4, 0.5) is 10.6 Å². The number of anilines is 1. The normalized spacial score (nSPS) is 10.9. The first-order chi connectivity index (χ1) is 13.1. The van der Waals surface area contributed by atoms with Crippen LogP contribution in [0.3, 0.4) is 0 Å². The number of amides is 1. The van der Waals surface area contributed by atoms with Gasteiger partial charge in [-0.3, -0.25) is 15.1 Å². The number of nitrogens with one attached hydrogen (secondary N) is 1. The molecule has 4 rings (SSSR count). The number of benzene rings is 1. The summed E-state index contributed by atoms with van der Waals surface area (Å²) in [6, 6.07) is 7.42. The number of hydrogen-bond acceptors (Lipinski definition) is 6. The number of rotatable bonds is 3. The monoisotopic (exact) mass is 398 g/mol. The summed E-state index contributed by atoms with van der Waals surface area (Å²) >= 11 is 7.32. The number of aromatic nitrogens is 3. The zero-order valence-corrected chi connectivity index (χ0v) is 15.2. The van der Waals surface area contributed by atoms with E-state index in [1.165, 1.54) is 36.0 Å². The molecule has 27 heavy (non-hydrogen) atoms. The van der Waals surface area contributed by atoms with Crippen molar-refractivity contribution in [3.8, 4) is 5.88 Å². The maximum Gasteiger partial charge on any atom is 0.334 e. The number of halogens is 1. The van der Waals surface area contributed by atoms with Gasteiger partial charge in [0.2, 0.25) is 11.7 Å². The molecular formula is C18H11ClN4O3S. The van der Waals surface area contributed by atoms with Crippen LogP contribution < -0.4 is 5.32 Å². The molecule has 0 aliphatic carbocycles. The zero-order valence-electron chi connectivity index (χ0n) is 13.6. The zero-order chi connectivity index (χ0) is 19.0. The molecule has 9 heteroatoms. The third kappa shape index (κ3) is 3.05. The van der Waals surface area contributed by atoms with E-state index >= 15 is 0 Å². The first-order valence-electron chi connectivity index (χ1n) is 7.75. The molecule has 0 unspecified atom stereocenters. The molecule has 1 aromatic carbocycles. The minimum Gasteiger partial charge on any atom is -0.494 e. The van der Waals surface area contributed by atoms with Gasteiger partial charge in [-0.25, -0.2) is 14.3 Å². The van der Waals surface area contributed by atoms with Crippen LogP contribution in [0.15, 0.2) is 54.3 Å². The summed E-state index contributed by atoms with van der Waals surface area (Å²) in [7, 11) is 0. The Morgan fingerprint density at radius 1 is 1.22 bits per heavy atom. The average molecular weight is 399 g/mol. The predicted octanol–water partition coefficient (Wildman–Crippen LogP) is 4.16. The smallest absolute Gasteiger partial charge is 0.334 e. The van der Waals surface area contributed by atoms with Crippen molar-refractivity contribution in [3.63, 3.8) is 0 Å². The SMILES string of the molecule is O=C(c1cccs1)c1c(O)n(C(=O)Nc2cnccn2)c2cc(Cl)ccc12. The van der Waals surface area contributed by atoms with E-state index in [1.54, 1.807) is 29.6 Å². The van der Waals surface area contributed by atoms with Gasteiger partial charge >= 0.3 is 6.03 Å². The number of aromatic hydroxyl groups is 1. The Balaban J connectivity index is 1.87. The molecule has 0 saturated carbocycles. The average Bonchev–Trinajstić information content (AvgIpc) is 3.27. The van der Waals surface area contributed by atoms with Crippen molar-refractivity contribution in [3.05, 3.63) is 69.8 Å². The largest absolute Gasteiger partial charge is 0.494 e. The van der Waals surface area contributed by atoms with Crippen LogP contribution in [0, 0.1) is 0 Å². The fourth-order valence-electron chi connectivity index (χ4n) is 2.74. The van der Waals surface area contributed by atoms with E-state index in [0.717, 1.165) is 4.57 Å². The second kappa shape index (κ2) is 6.82. The molecule has 0 aliphatic heterocycles. The number of hydrogen-bond donors (Lipinski definition) is 2. The summed E-state index contributed by atoms with van der Waals surface area (Å²) in [5.74, 6) is -0.634. The second-order valence-electron chi connectivity index (χ2n) is 5.52. The Morgan fingerprint density at radius 3 is 2.78 bits per heavy atom. The van der Waals surface area contributed by atoms with Crippen LogP contribution in [-0.2, 0) is 0 Å². The first kappa shape index (κ1) is 17.2. The molecule has 3 heterocycles. The Hall–Kier alpha value is -3.23. The maximum atomic E-state index is 12.9. The quantitative estimate of drug-likeness (QED) is 0.505. The van der Waals surface area contributed by atoms with Gasteiger partial charge in [-0.1, -0.05) is 23.7 Å². The third-order valence-corrected chi connectivity index (χ3v) is 4.98. The van der Waals surface area contributed by atoms with E-state index in [1.807, 2.05) is 0 Å². The topological polar surface area (TPSA) is 97.1 Å². The van der Waals surface area contributed by atoms with Gasteiger partial charge in [-0.05, 0) is 23.6 Å². The van der Waals surface area contributed by atoms with Crippen molar-refractivity contribution in [2.45, 2.75) is 0 Å². The lowest BCUT2D eigenvalue weighted by Gasteiger charge is -2.07. The molecule has 0 bridgehead atoms. The number of fused-ring (bicyclic) bond motifs is 1. The van der Waals surface area contributed by atoms with Crippen LogP contribution in [0.5, 0.6) is 5.88 Å². The van der Waals surface area contributed by atoms with Crippen molar-refractivity contribution in [2.24, 2.45) is 0 Å². The van der Waals surface area contributed by atoms with Crippen LogP contribution in [0.25, 0.3) is 10.9 Å². The molecule has 0 aliphatic rings. The molecule has 0 spiro atoms. The van der Waals surface area contributed by atoms with Gasteiger partial charge in [0.25, 0.3) is 0 Å². The fraction of sp³-hybridized carbons (Fsp3) is 0. The number of carbonyl (C=O) groups is 2. The number of ketones is 1. The summed E-state index contributed by atoms with van der Waals surface area (Å²) < 4.78 is 0.997. The van der Waals surface area contributed by atoms with E-state index in [0.29, 0.717) is 20.8 Å². The van der Waals surface area contributed by atoms with Crippen molar-refractivity contribution in [1.82, 2.24) is 14.5 Å². The predicted molar refractivity (Wildman–Crippen MR) is 103 cm³/mol. The number of nitrogens with zero attached hydrogens (tertiary/aromatic N) is 3. The van der Waals surface area contributed by atoms with E-state index in [4.69, 9.17) is 11.6 Å². The maximum absolute atomic E-state index is 12.9. The van der Waals surface area contributed by atoms with E-state index in [2.05, 4.69) is 15.3 Å². The van der Waals surface area contributed by atoms with Gasteiger partial charge in [0.05, 0.1) is 22.2 Å². The lowest BCUT2D eigenvalue weighted by Crippen LogP contribution is -2.19. The highest BCUT2D eigenvalue weighted by molar-refractivity contribution is 7.12. The van der Waals surface area contributed by atoms with Crippen molar-refractivity contribution < 1.29 is 14.7 Å². The molecule has 2 N–H and O–H groups in total. The third-order valence-electron chi connectivity index (χ3n) is 3.88. The summed E-state index contributed by atoms with van der Waals surface area (Å²) in [5.41, 5.74) is 0.347. The van der Waals surface area contributed by atoms with E-state index < -0.39 is 11.9 Å². The van der Waals surface area contributed by atoms with Gasteiger partial charge in [0.1, 0.15) is 0 Å². The molecule has 0 saturated heterocycles. The standard InChI is InChI=1S/C18H11ClN4O3S/c19-10-3-4-11-12(8-10)23(18(26)22-14-9-20-5-6-21-14)17(25)15(11)16(24)13-2-1-7-27-13/h1-9,25H,(H,21,22,26). The highest BCUT2D eigenvalue weighted by Crippen LogP contribution is 2.35. The molecule has 4 aromatic rings. The molecule has 0 atom stereocenters. The van der Waals surface area contributed by atoms with E-state index in [9.17, 15) is 14.7 Å². The van der Waals surface area contributed by atoms with Crippen molar-refractivity contribution in [1.29, 1.82) is 0 Å². The Morgan fingerprint density at radius 2 is 2.07 bits per heavy atom. The Bertz CT molecular complexity index is 1160. The molecule has 1 amide bonds. The fourth-order valence-corrected chi connectivity index (χ4v) is 3.57. The Kier molecular flexibility index (Phi) is 4.35. The van der Waals surface area contributed by atoms with Crippen molar-refractivity contribution >= 4 is 51.5 Å². The molecule has 0 fully saturated rings. The van der Waals surface area contributed by atoms with Crippen LogP contribution in [-0.4, -0.2) is 31.5 Å². The summed E-state index contributed by atoms with van der Waals surface area (Å²) in [6.07, 6.45) is 4.26. The van der Waals surface area contributed by atoms with Crippen molar-refractivity contribution in [2.75, 3.05) is 5.32 Å². The second-order valence-corrected chi connectivity index (χ2v) is 6.91. The molecule has 0 radical (unpaired) electrons. The van der Waals surface area contributed by atoms with Gasteiger partial charge in [-0.15, -0.1) is 11.3 Å². The minimum atomic E-state index is -0.689. The minimum absolute atomic E-state index is 0.0402. The molecular weight excluding hydrogens is 388 g/mol. The summed E-state index contributed by atoms with van der Waals surface area (Å²) in [4.78, 5) is 33.9. The summed E-state index contributed by atoms with van der Waals surface area (Å²) in [6.45, 7) is 0. The van der Waals surface area contributed by atoms with Gasteiger partial charge in [0.15, 0.2) is 5.82 Å². The van der Waals surface area contributed by atoms with E-state index in [-0.39, 0.29) is 17.2 Å².